The van der Waals surface area contributed by atoms with E-state index in [4.69, 9.17) is 14.3 Å². The first-order valence-corrected chi connectivity index (χ1v) is 10.4. The Bertz CT molecular complexity index is 1200. The number of amides is 2. The van der Waals surface area contributed by atoms with Crippen molar-refractivity contribution in [1.29, 1.82) is 0 Å². The zero-order valence-corrected chi connectivity index (χ0v) is 18.0. The van der Waals surface area contributed by atoms with Crippen molar-refractivity contribution in [3.63, 3.8) is 0 Å². The molecule has 3 atom stereocenters. The third kappa shape index (κ3) is 3.39. The number of anilines is 2. The molecule has 5 rings (SSSR count). The van der Waals surface area contributed by atoms with Gasteiger partial charge in [-0.3, -0.25) is 14.4 Å². The molecule has 0 radical (unpaired) electrons. The van der Waals surface area contributed by atoms with E-state index in [9.17, 15) is 14.0 Å². The molecule has 0 aliphatic carbocycles. The largest absolute Gasteiger partial charge is 0.497 e. The van der Waals surface area contributed by atoms with E-state index in [0.717, 1.165) is 4.90 Å². The maximum atomic E-state index is 13.7. The predicted octanol–water partition coefficient (Wildman–Crippen LogP) is 3.89. The lowest BCUT2D eigenvalue weighted by Crippen LogP contribution is -2.37. The van der Waals surface area contributed by atoms with Crippen LogP contribution >= 0.6 is 0 Å². The van der Waals surface area contributed by atoms with Crippen LogP contribution in [0, 0.1) is 11.7 Å². The van der Waals surface area contributed by atoms with Crippen molar-refractivity contribution >= 4 is 23.2 Å². The Morgan fingerprint density at radius 2 is 1.61 bits per heavy atom. The van der Waals surface area contributed by atoms with Gasteiger partial charge < -0.3 is 9.47 Å². The summed E-state index contributed by atoms with van der Waals surface area (Å²) in [5.41, 5.74) is 1.67. The minimum Gasteiger partial charge on any atom is -0.497 e. The molecule has 2 saturated heterocycles. The van der Waals surface area contributed by atoms with Crippen molar-refractivity contribution < 1.29 is 28.3 Å². The number of hydrogen-bond donors (Lipinski definition) is 0. The monoisotopic (exact) mass is 448 g/mol. The van der Waals surface area contributed by atoms with Gasteiger partial charge in [0.2, 0.25) is 5.91 Å². The number of halogens is 1. The molecule has 2 aliphatic heterocycles. The average molecular weight is 448 g/mol. The van der Waals surface area contributed by atoms with E-state index >= 15 is 0 Å². The van der Waals surface area contributed by atoms with E-state index < -0.39 is 29.9 Å². The van der Waals surface area contributed by atoms with Crippen LogP contribution in [0.25, 0.3) is 0 Å². The number of para-hydroxylation sites is 1. The van der Waals surface area contributed by atoms with Gasteiger partial charge in [-0.2, -0.15) is 0 Å². The van der Waals surface area contributed by atoms with Gasteiger partial charge in [-0.05, 0) is 42.0 Å². The second-order valence-corrected chi connectivity index (χ2v) is 7.76. The molecule has 2 fully saturated rings. The van der Waals surface area contributed by atoms with Gasteiger partial charge >= 0.3 is 0 Å². The Morgan fingerprint density at radius 1 is 0.879 bits per heavy atom. The molecule has 2 heterocycles. The number of carbonyl (C=O) groups excluding carboxylic acids is 2. The highest BCUT2D eigenvalue weighted by atomic mass is 19.1. The first kappa shape index (κ1) is 21.0. The van der Waals surface area contributed by atoms with Crippen LogP contribution in [0.4, 0.5) is 15.8 Å². The van der Waals surface area contributed by atoms with Crippen molar-refractivity contribution in [2.45, 2.75) is 12.1 Å². The summed E-state index contributed by atoms with van der Waals surface area (Å²) in [5.74, 6) is -1.26. The predicted molar refractivity (Wildman–Crippen MR) is 118 cm³/mol. The second kappa shape index (κ2) is 8.22. The van der Waals surface area contributed by atoms with Gasteiger partial charge in [0.05, 0.1) is 31.6 Å². The molecule has 2 aliphatic rings. The number of fused-ring (bicyclic) bond motifs is 1. The molecule has 2 amide bonds. The smallest absolute Gasteiger partial charge is 0.266 e. The molecule has 0 aromatic heterocycles. The minimum atomic E-state index is -1.03. The van der Waals surface area contributed by atoms with Gasteiger partial charge in [0.25, 0.3) is 5.91 Å². The van der Waals surface area contributed by atoms with Crippen LogP contribution in [-0.2, 0) is 14.4 Å². The number of hydroxylamine groups is 1. The summed E-state index contributed by atoms with van der Waals surface area (Å²) in [4.78, 5) is 34.3. The van der Waals surface area contributed by atoms with E-state index in [1.807, 2.05) is 30.3 Å². The van der Waals surface area contributed by atoms with E-state index in [0.29, 0.717) is 28.4 Å². The molecular formula is C25H21FN2O5. The molecule has 0 bridgehead atoms. The van der Waals surface area contributed by atoms with Gasteiger partial charge in [0.1, 0.15) is 23.2 Å². The van der Waals surface area contributed by atoms with Crippen LogP contribution < -0.4 is 19.4 Å². The minimum absolute atomic E-state index is 0.315. The summed E-state index contributed by atoms with van der Waals surface area (Å²) in [6.07, 6.45) is -1.03. The number of methoxy groups -OCH3 is 2. The lowest BCUT2D eigenvalue weighted by molar-refractivity contribution is -0.126. The first-order valence-electron chi connectivity index (χ1n) is 10.4. The molecule has 0 unspecified atom stereocenters. The molecular weight excluding hydrogens is 427 g/mol. The highest BCUT2D eigenvalue weighted by Gasteiger charge is 2.60. The van der Waals surface area contributed by atoms with Crippen molar-refractivity contribution in [2.75, 3.05) is 24.2 Å². The third-order valence-corrected chi connectivity index (χ3v) is 5.97. The van der Waals surface area contributed by atoms with Crippen molar-refractivity contribution in [1.82, 2.24) is 0 Å². The first-order chi connectivity index (χ1) is 16.0. The number of benzene rings is 3. The summed E-state index contributed by atoms with van der Waals surface area (Å²) in [6, 6.07) is 19.3. The fourth-order valence-corrected chi connectivity index (χ4v) is 4.42. The number of hydrogen-bond acceptors (Lipinski definition) is 6. The Balaban J connectivity index is 1.58. The SMILES string of the molecule is COc1ccc(N2C(=O)[C@@H]3[C@@H](c4ccc(F)cc4)N(c4ccccc4)O[C@H]3C2=O)c(OC)c1. The summed E-state index contributed by atoms with van der Waals surface area (Å²) in [6.45, 7) is 0. The number of nitrogens with zero attached hydrogens (tertiary/aromatic N) is 2. The molecule has 3 aromatic rings. The van der Waals surface area contributed by atoms with E-state index in [1.54, 1.807) is 35.4 Å². The van der Waals surface area contributed by atoms with Crippen LogP contribution in [0.2, 0.25) is 0 Å². The molecule has 8 heteroatoms. The third-order valence-electron chi connectivity index (χ3n) is 5.97. The van der Waals surface area contributed by atoms with Crippen LogP contribution in [0.1, 0.15) is 11.6 Å². The number of ether oxygens (including phenoxy) is 2. The van der Waals surface area contributed by atoms with Gasteiger partial charge in [-0.25, -0.2) is 14.4 Å². The van der Waals surface area contributed by atoms with E-state index in [-0.39, 0.29) is 5.82 Å². The highest BCUT2D eigenvalue weighted by Crippen LogP contribution is 2.48. The quantitative estimate of drug-likeness (QED) is 0.552. The molecule has 0 spiro atoms. The zero-order chi connectivity index (χ0) is 23.1. The maximum Gasteiger partial charge on any atom is 0.266 e. The molecule has 7 nitrogen and oxygen atoms in total. The van der Waals surface area contributed by atoms with Crippen LogP contribution in [-0.4, -0.2) is 32.1 Å². The molecule has 0 N–H and O–H groups in total. The van der Waals surface area contributed by atoms with Crippen LogP contribution in [0.15, 0.2) is 72.8 Å². The number of imide groups is 1. The fraction of sp³-hybridized carbons (Fsp3) is 0.200. The molecule has 33 heavy (non-hydrogen) atoms. The van der Waals surface area contributed by atoms with Gasteiger partial charge in [-0.15, -0.1) is 0 Å². The van der Waals surface area contributed by atoms with Crippen LogP contribution in [0.3, 0.4) is 0 Å². The fourth-order valence-electron chi connectivity index (χ4n) is 4.42. The highest BCUT2D eigenvalue weighted by molar-refractivity contribution is 6.24. The Kier molecular flexibility index (Phi) is 5.22. The standard InChI is InChI=1S/C25H21FN2O5/c1-31-18-12-13-19(20(14-18)32-2)27-24(29)21-22(15-8-10-16(26)11-9-15)28(33-23(21)25(27)30)17-6-4-3-5-7-17/h3-14,21-23H,1-2H3/t21-,22-,23-/m1/s1. The van der Waals surface area contributed by atoms with Gasteiger partial charge in [0.15, 0.2) is 6.10 Å². The van der Waals surface area contributed by atoms with Gasteiger partial charge in [-0.1, -0.05) is 30.3 Å². The summed E-state index contributed by atoms with van der Waals surface area (Å²) in [5, 5.41) is 1.57. The second-order valence-electron chi connectivity index (χ2n) is 7.76. The summed E-state index contributed by atoms with van der Waals surface area (Å²) >= 11 is 0. The Morgan fingerprint density at radius 3 is 2.27 bits per heavy atom. The lowest BCUT2D eigenvalue weighted by Gasteiger charge is -2.29. The van der Waals surface area contributed by atoms with Crippen LogP contribution in [0.5, 0.6) is 11.5 Å². The van der Waals surface area contributed by atoms with Crippen molar-refractivity contribution in [3.8, 4) is 11.5 Å². The molecule has 168 valence electrons. The number of rotatable bonds is 5. The van der Waals surface area contributed by atoms with E-state index in [2.05, 4.69) is 0 Å². The maximum absolute atomic E-state index is 13.7. The number of carbonyl (C=O) groups is 2. The summed E-state index contributed by atoms with van der Waals surface area (Å²) < 4.78 is 24.3. The van der Waals surface area contributed by atoms with Crippen molar-refractivity contribution in [3.05, 3.63) is 84.2 Å². The van der Waals surface area contributed by atoms with E-state index in [1.165, 1.54) is 26.4 Å². The zero-order valence-electron chi connectivity index (χ0n) is 18.0. The average Bonchev–Trinajstić information content (AvgIpc) is 3.35. The Hall–Kier alpha value is -3.91. The molecule has 0 saturated carbocycles. The molecule has 3 aromatic carbocycles. The topological polar surface area (TPSA) is 68.3 Å². The summed E-state index contributed by atoms with van der Waals surface area (Å²) in [7, 11) is 2.98. The normalized spacial score (nSPS) is 22.0. The Labute approximate surface area is 189 Å². The lowest BCUT2D eigenvalue weighted by atomic mass is 9.90. The van der Waals surface area contributed by atoms with Crippen molar-refractivity contribution in [2.24, 2.45) is 5.92 Å². The van der Waals surface area contributed by atoms with Gasteiger partial charge in [0, 0.05) is 6.07 Å².